The Bertz CT molecular complexity index is 912. The van der Waals surface area contributed by atoms with E-state index in [0.717, 1.165) is 11.1 Å². The lowest BCUT2D eigenvalue weighted by Gasteiger charge is -2.30. The molecule has 2 rings (SSSR count). The van der Waals surface area contributed by atoms with Crippen molar-refractivity contribution >= 4 is 45.7 Å². The quantitative estimate of drug-likeness (QED) is 0.0915. The molecule has 1 aromatic rings. The smallest absolute Gasteiger partial charge is 0.303 e. The Kier molecular flexibility index (Phi) is 8.31. The summed E-state index contributed by atoms with van der Waals surface area (Å²) < 4.78 is -0.828. The first kappa shape index (κ1) is 23.3. The third kappa shape index (κ3) is 7.45. The minimum atomic E-state index is -0.871. The van der Waals surface area contributed by atoms with Gasteiger partial charge in [-0.25, -0.2) is 10.8 Å². The number of hydrazine groups is 1. The normalized spacial score (nSPS) is 18.4. The first-order valence-electron chi connectivity index (χ1n) is 9.18. The van der Waals surface area contributed by atoms with Gasteiger partial charge in [-0.3, -0.25) is 14.4 Å². The van der Waals surface area contributed by atoms with E-state index in [1.165, 1.54) is 6.34 Å². The van der Waals surface area contributed by atoms with Crippen LogP contribution >= 0.6 is 15.9 Å². The van der Waals surface area contributed by atoms with Crippen LogP contribution in [0.25, 0.3) is 0 Å². The highest BCUT2D eigenvalue weighted by Crippen LogP contribution is 2.33. The van der Waals surface area contributed by atoms with E-state index in [4.69, 9.17) is 10.9 Å². The maximum atomic E-state index is 12.4. The van der Waals surface area contributed by atoms with Crippen molar-refractivity contribution in [2.45, 2.75) is 30.6 Å². The lowest BCUT2D eigenvalue weighted by atomic mass is 9.93. The number of aliphatic imine (C=N–C) groups is 1. The second-order valence-corrected chi connectivity index (χ2v) is 8.25. The molecule has 9 nitrogen and oxygen atoms in total. The van der Waals surface area contributed by atoms with Gasteiger partial charge in [-0.2, -0.15) is 0 Å². The highest BCUT2D eigenvalue weighted by Gasteiger charge is 2.30. The summed E-state index contributed by atoms with van der Waals surface area (Å²) in [6.45, 7) is 1.66. The van der Waals surface area contributed by atoms with E-state index in [1.807, 2.05) is 19.1 Å². The Morgan fingerprint density at radius 3 is 2.83 bits per heavy atom. The Hall–Kier alpha value is -2.98. The van der Waals surface area contributed by atoms with Crippen LogP contribution in [0, 0.1) is 0 Å². The van der Waals surface area contributed by atoms with Gasteiger partial charge in [-0.05, 0) is 37.6 Å². The number of allylic oxidation sites excluding steroid dienone is 2. The first-order valence-corrected chi connectivity index (χ1v) is 9.97. The van der Waals surface area contributed by atoms with E-state index in [-0.39, 0.29) is 18.9 Å². The summed E-state index contributed by atoms with van der Waals surface area (Å²) in [7, 11) is 0. The van der Waals surface area contributed by atoms with Gasteiger partial charge in [0.25, 0.3) is 5.91 Å². The Morgan fingerprint density at radius 1 is 1.37 bits per heavy atom. The number of hydrogen-bond acceptors (Lipinski definition) is 5. The van der Waals surface area contributed by atoms with Crippen LogP contribution in [-0.2, 0) is 9.59 Å². The van der Waals surface area contributed by atoms with Gasteiger partial charge in [-0.15, -0.1) is 0 Å². The van der Waals surface area contributed by atoms with Crippen LogP contribution in [0.1, 0.15) is 36.5 Å². The summed E-state index contributed by atoms with van der Waals surface area (Å²) in [4.78, 5) is 39.6. The highest BCUT2D eigenvalue weighted by molar-refractivity contribution is 9.10. The van der Waals surface area contributed by atoms with Crippen molar-refractivity contribution in [2.24, 2.45) is 10.8 Å². The fourth-order valence-corrected chi connectivity index (χ4v) is 3.99. The zero-order valence-electron chi connectivity index (χ0n) is 16.4. The number of halogens is 1. The highest BCUT2D eigenvalue weighted by atomic mass is 79.9. The number of nitrogens with one attached hydrogen (secondary N) is 3. The summed E-state index contributed by atoms with van der Waals surface area (Å²) in [6, 6.07) is 6.56. The first-order chi connectivity index (χ1) is 14.2. The molecular formula is C20H24BrN5O4. The summed E-state index contributed by atoms with van der Waals surface area (Å²) in [6.07, 6.45) is 5.93. The number of amides is 2. The number of benzene rings is 1. The average Bonchev–Trinajstić information content (AvgIpc) is 2.68. The fourth-order valence-electron chi connectivity index (χ4n) is 3.04. The number of nitrogens with zero attached hydrogens (tertiary/aromatic N) is 1. The Labute approximate surface area is 182 Å². The number of carbonyl (C=O) groups excluding carboxylic acids is 2. The van der Waals surface area contributed by atoms with Crippen LogP contribution < -0.4 is 21.9 Å². The van der Waals surface area contributed by atoms with Gasteiger partial charge in [0, 0.05) is 18.4 Å². The molecule has 0 spiro atoms. The van der Waals surface area contributed by atoms with Gasteiger partial charge in [0.05, 0.1) is 12.2 Å². The van der Waals surface area contributed by atoms with Crippen LogP contribution in [0.15, 0.2) is 52.6 Å². The number of alkyl halides is 1. The maximum Gasteiger partial charge on any atom is 0.303 e. The van der Waals surface area contributed by atoms with E-state index in [1.54, 1.807) is 24.3 Å². The molecule has 1 aliphatic carbocycles. The maximum absolute atomic E-state index is 12.4. The number of hydrogen-bond donors (Lipinski definition) is 5. The molecule has 0 saturated heterocycles. The van der Waals surface area contributed by atoms with Crippen molar-refractivity contribution in [1.82, 2.24) is 16.1 Å². The molecule has 1 atom stereocenters. The molecule has 0 radical (unpaired) electrons. The van der Waals surface area contributed by atoms with Gasteiger partial charge in [0.1, 0.15) is 10.8 Å². The zero-order valence-corrected chi connectivity index (χ0v) is 18.0. The number of carboxylic acid groups (broad SMARTS) is 1. The second-order valence-electron chi connectivity index (χ2n) is 6.83. The molecule has 0 heterocycles. The van der Waals surface area contributed by atoms with Gasteiger partial charge in [-0.1, -0.05) is 39.2 Å². The third-order valence-corrected chi connectivity index (χ3v) is 4.89. The molecule has 0 saturated carbocycles. The summed E-state index contributed by atoms with van der Waals surface area (Å²) >= 11 is 3.53. The minimum Gasteiger partial charge on any atom is -0.481 e. The molecule has 2 amide bonds. The van der Waals surface area contributed by atoms with Gasteiger partial charge in [0.2, 0.25) is 5.91 Å². The SMILES string of the molecule is CC1=CC(Br)(NC(=O)CNC(=O)c2cccc(N=CNN)c2)CC(CCC(=O)O)=C1. The monoisotopic (exact) mass is 477 g/mol. The van der Waals surface area contributed by atoms with E-state index < -0.39 is 16.3 Å². The molecule has 6 N–H and O–H groups in total. The van der Waals surface area contributed by atoms with Crippen LogP contribution in [0.3, 0.4) is 0 Å². The number of aliphatic carboxylic acids is 1. The number of nitrogens with two attached hydrogens (primary N) is 1. The van der Waals surface area contributed by atoms with Crippen molar-refractivity contribution in [3.05, 3.63) is 53.1 Å². The second kappa shape index (κ2) is 10.7. The van der Waals surface area contributed by atoms with E-state index in [9.17, 15) is 14.4 Å². The molecule has 0 fully saturated rings. The molecular weight excluding hydrogens is 454 g/mol. The Morgan fingerprint density at radius 2 is 2.13 bits per heavy atom. The minimum absolute atomic E-state index is 0.0245. The van der Waals surface area contributed by atoms with Crippen molar-refractivity contribution in [2.75, 3.05) is 6.54 Å². The number of carboxylic acids is 1. The average molecular weight is 478 g/mol. The van der Waals surface area contributed by atoms with Crippen LogP contribution in [-0.4, -0.2) is 40.2 Å². The van der Waals surface area contributed by atoms with Crippen LogP contribution in [0.5, 0.6) is 0 Å². The number of rotatable bonds is 9. The van der Waals surface area contributed by atoms with E-state index in [2.05, 4.69) is 37.0 Å². The summed E-state index contributed by atoms with van der Waals surface area (Å²) in [5, 5.41) is 14.3. The van der Waals surface area contributed by atoms with Gasteiger partial charge < -0.3 is 21.2 Å². The van der Waals surface area contributed by atoms with Gasteiger partial charge >= 0.3 is 5.97 Å². The fraction of sp³-hybridized carbons (Fsp3) is 0.300. The van der Waals surface area contributed by atoms with E-state index in [0.29, 0.717) is 24.1 Å². The van der Waals surface area contributed by atoms with Crippen molar-refractivity contribution in [3.63, 3.8) is 0 Å². The van der Waals surface area contributed by atoms with Crippen LogP contribution in [0.2, 0.25) is 0 Å². The van der Waals surface area contributed by atoms with Crippen molar-refractivity contribution in [3.8, 4) is 0 Å². The van der Waals surface area contributed by atoms with Gasteiger partial charge in [0.15, 0.2) is 0 Å². The zero-order chi connectivity index (χ0) is 22.1. The molecule has 0 aliphatic heterocycles. The molecule has 160 valence electrons. The third-order valence-electron chi connectivity index (χ3n) is 4.19. The molecule has 1 aromatic carbocycles. The molecule has 10 heteroatoms. The van der Waals surface area contributed by atoms with Crippen molar-refractivity contribution < 1.29 is 19.5 Å². The molecule has 0 bridgehead atoms. The standard InChI is InChI=1S/C20H24BrN5O4/c1-13-7-14(5-6-18(28)29)10-20(21,9-13)26-17(27)11-23-19(30)15-3-2-4-16(8-15)24-12-25-22/h2-4,7-9,12H,5-6,10-11,22H2,1H3,(H,23,30)(H,24,25)(H,26,27)(H,28,29). The lowest BCUT2D eigenvalue weighted by molar-refractivity contribution is -0.137. The molecule has 30 heavy (non-hydrogen) atoms. The predicted octanol–water partition coefficient (Wildman–Crippen LogP) is 1.89. The van der Waals surface area contributed by atoms with E-state index >= 15 is 0 Å². The summed E-state index contributed by atoms with van der Waals surface area (Å²) in [5.74, 6) is 3.46. The molecule has 1 unspecified atom stereocenters. The number of carbonyl (C=O) groups is 3. The van der Waals surface area contributed by atoms with Crippen molar-refractivity contribution in [1.29, 1.82) is 0 Å². The Balaban J connectivity index is 1.92. The molecule has 0 aromatic heterocycles. The topological polar surface area (TPSA) is 146 Å². The largest absolute Gasteiger partial charge is 0.481 e. The van der Waals surface area contributed by atoms with Crippen LogP contribution in [0.4, 0.5) is 5.69 Å². The predicted molar refractivity (Wildman–Crippen MR) is 117 cm³/mol. The lowest BCUT2D eigenvalue weighted by Crippen LogP contribution is -2.47. The summed E-state index contributed by atoms with van der Waals surface area (Å²) in [5.41, 5.74) is 5.00. The molecule has 1 aliphatic rings.